The maximum absolute atomic E-state index is 13.1. The number of nitrogens with one attached hydrogen (secondary N) is 2. The van der Waals surface area contributed by atoms with Crippen molar-refractivity contribution in [3.63, 3.8) is 0 Å². The fraction of sp³-hybridized carbons (Fsp3) is 0.435. The third-order valence-corrected chi connectivity index (χ3v) is 7.11. The van der Waals surface area contributed by atoms with Gasteiger partial charge in [0.05, 0.1) is 10.0 Å². The Morgan fingerprint density at radius 1 is 1.24 bits per heavy atom. The number of carbonyl (C=O) groups excluding carboxylic acids is 2. The van der Waals surface area contributed by atoms with Crippen molar-refractivity contribution >= 4 is 40.7 Å². The zero-order valence-corrected chi connectivity index (χ0v) is 20.0. The summed E-state index contributed by atoms with van der Waals surface area (Å²) in [6, 6.07) is 9.24. The Hall–Kier alpha value is -2.39. The van der Waals surface area contributed by atoms with E-state index in [1.165, 1.54) is 0 Å². The third-order valence-electron chi connectivity index (χ3n) is 6.37. The van der Waals surface area contributed by atoms with Crippen molar-refractivity contribution in [3.8, 4) is 0 Å². The van der Waals surface area contributed by atoms with Gasteiger partial charge >= 0.3 is 0 Å². The lowest BCUT2D eigenvalue weighted by Crippen LogP contribution is -2.54. The zero-order valence-electron chi connectivity index (χ0n) is 18.5. The van der Waals surface area contributed by atoms with Gasteiger partial charge < -0.3 is 20.2 Å². The van der Waals surface area contributed by atoms with Gasteiger partial charge in [-0.25, -0.2) is 0 Å². The van der Waals surface area contributed by atoms with Crippen LogP contribution < -0.4 is 15.5 Å². The van der Waals surface area contributed by atoms with Crippen LogP contribution in [0, 0.1) is 6.92 Å². The molecule has 0 aliphatic carbocycles. The van der Waals surface area contributed by atoms with E-state index in [4.69, 9.17) is 23.2 Å². The van der Waals surface area contributed by atoms with Crippen LogP contribution in [0.15, 0.2) is 36.5 Å². The van der Waals surface area contributed by atoms with E-state index in [2.05, 4.69) is 27.4 Å². The van der Waals surface area contributed by atoms with E-state index in [9.17, 15) is 14.7 Å². The molecule has 2 fully saturated rings. The van der Waals surface area contributed by atoms with E-state index in [-0.39, 0.29) is 30.7 Å². The molecule has 0 spiro atoms. The second kappa shape index (κ2) is 9.46. The largest absolute Gasteiger partial charge is 0.365 e. The maximum Gasteiger partial charge on any atom is 0.248 e. The zero-order chi connectivity index (χ0) is 23.8. The molecule has 2 aromatic rings. The smallest absolute Gasteiger partial charge is 0.248 e. The number of hydrogen-bond acceptors (Lipinski definition) is 6. The normalized spacial score (nSPS) is 25.3. The average Bonchev–Trinajstić information content (AvgIpc) is 3.08. The van der Waals surface area contributed by atoms with Gasteiger partial charge in [0, 0.05) is 55.2 Å². The van der Waals surface area contributed by atoms with Gasteiger partial charge in [0.1, 0.15) is 5.54 Å². The number of aliphatic hydroxyl groups excluding tert-OH is 1. The van der Waals surface area contributed by atoms with Crippen molar-refractivity contribution in [2.75, 3.05) is 24.5 Å². The Bertz CT molecular complexity index is 1050. The molecule has 2 saturated heterocycles. The van der Waals surface area contributed by atoms with Crippen LogP contribution in [0.4, 0.5) is 5.69 Å². The number of aliphatic hydroxyl groups is 1. The topological polar surface area (TPSA) is 97.8 Å². The molecule has 4 rings (SSSR count). The molecular formula is C23H27Cl2N5O3. The van der Waals surface area contributed by atoms with Gasteiger partial charge in [0.15, 0.2) is 6.35 Å². The number of halogens is 2. The van der Waals surface area contributed by atoms with Crippen molar-refractivity contribution in [2.24, 2.45) is 0 Å². The molecule has 0 saturated carbocycles. The highest BCUT2D eigenvalue weighted by atomic mass is 35.5. The summed E-state index contributed by atoms with van der Waals surface area (Å²) in [5, 5.41) is 16.4. The molecule has 0 bridgehead atoms. The number of rotatable bonds is 5. The van der Waals surface area contributed by atoms with Crippen molar-refractivity contribution in [1.82, 2.24) is 20.5 Å². The summed E-state index contributed by atoms with van der Waals surface area (Å²) >= 11 is 12.2. The number of aryl methyl sites for hydroxylation is 1. The fourth-order valence-electron chi connectivity index (χ4n) is 4.53. The fourth-order valence-corrected chi connectivity index (χ4v) is 4.82. The molecule has 10 heteroatoms. The van der Waals surface area contributed by atoms with E-state index in [0.717, 1.165) is 11.4 Å². The molecule has 0 radical (unpaired) electrons. The number of amides is 2. The molecule has 176 valence electrons. The van der Waals surface area contributed by atoms with Gasteiger partial charge in [0.25, 0.3) is 0 Å². The number of carbonyl (C=O) groups is 2. The van der Waals surface area contributed by atoms with Gasteiger partial charge in [-0.15, -0.1) is 0 Å². The molecule has 1 aromatic carbocycles. The van der Waals surface area contributed by atoms with Crippen molar-refractivity contribution < 1.29 is 14.7 Å². The van der Waals surface area contributed by atoms with Gasteiger partial charge in [-0.2, -0.15) is 0 Å². The van der Waals surface area contributed by atoms with Crippen LogP contribution in [0.3, 0.4) is 0 Å². The number of piperazine rings is 1. The molecule has 33 heavy (non-hydrogen) atoms. The first-order chi connectivity index (χ1) is 15.7. The van der Waals surface area contributed by atoms with Crippen molar-refractivity contribution in [3.05, 3.63) is 57.8 Å². The Balaban J connectivity index is 1.43. The van der Waals surface area contributed by atoms with Gasteiger partial charge in [-0.3, -0.25) is 19.9 Å². The number of pyridine rings is 1. The minimum atomic E-state index is -1.21. The van der Waals surface area contributed by atoms with Crippen LogP contribution in [0.25, 0.3) is 0 Å². The van der Waals surface area contributed by atoms with Gasteiger partial charge in [-0.1, -0.05) is 29.3 Å². The van der Waals surface area contributed by atoms with Gasteiger partial charge in [-0.05, 0) is 44.5 Å². The van der Waals surface area contributed by atoms with Crippen LogP contribution in [-0.4, -0.2) is 58.8 Å². The molecule has 2 amide bonds. The summed E-state index contributed by atoms with van der Waals surface area (Å²) in [6.45, 7) is 5.69. The highest BCUT2D eigenvalue weighted by Gasteiger charge is 2.48. The number of aromatic nitrogens is 1. The van der Waals surface area contributed by atoms with Gasteiger partial charge in [0.2, 0.25) is 11.8 Å². The van der Waals surface area contributed by atoms with Crippen LogP contribution in [0.5, 0.6) is 0 Å². The first-order valence-corrected chi connectivity index (χ1v) is 11.6. The molecule has 8 nitrogen and oxygen atoms in total. The summed E-state index contributed by atoms with van der Waals surface area (Å²) < 4.78 is 0. The third kappa shape index (κ3) is 4.80. The van der Waals surface area contributed by atoms with Crippen molar-refractivity contribution in [2.45, 2.75) is 44.6 Å². The van der Waals surface area contributed by atoms with E-state index in [1.807, 2.05) is 30.0 Å². The highest BCUT2D eigenvalue weighted by Crippen LogP contribution is 2.32. The monoisotopic (exact) mass is 491 g/mol. The molecule has 3 N–H and O–H groups in total. The first kappa shape index (κ1) is 23.8. The Morgan fingerprint density at radius 3 is 2.64 bits per heavy atom. The number of nitrogens with zero attached hydrogens (tertiary/aromatic N) is 3. The highest BCUT2D eigenvalue weighted by molar-refractivity contribution is 6.42. The Labute approximate surface area is 202 Å². The number of benzene rings is 1. The average molecular weight is 492 g/mol. The molecule has 2 aliphatic rings. The SMILES string of the molecule is Cc1ccc(C2(CCC(=O)N3CCN(c4ccc(Cl)c(Cl)c4)[C@@H](C)C3)NC(O)NC2=O)cn1. The van der Waals surface area contributed by atoms with Crippen LogP contribution >= 0.6 is 23.2 Å². The lowest BCUT2D eigenvalue weighted by molar-refractivity contribution is -0.133. The van der Waals surface area contributed by atoms with Crippen LogP contribution in [-0.2, 0) is 15.1 Å². The number of anilines is 1. The molecule has 2 aliphatic heterocycles. The minimum Gasteiger partial charge on any atom is -0.365 e. The Morgan fingerprint density at radius 2 is 2.03 bits per heavy atom. The maximum atomic E-state index is 13.1. The summed E-state index contributed by atoms with van der Waals surface area (Å²) in [7, 11) is 0. The minimum absolute atomic E-state index is 0.0360. The summed E-state index contributed by atoms with van der Waals surface area (Å²) in [5.41, 5.74) is 1.20. The molecule has 3 atom stereocenters. The first-order valence-electron chi connectivity index (χ1n) is 10.9. The Kier molecular flexibility index (Phi) is 6.81. The second-order valence-electron chi connectivity index (χ2n) is 8.59. The second-order valence-corrected chi connectivity index (χ2v) is 9.41. The summed E-state index contributed by atoms with van der Waals surface area (Å²) in [5.74, 6) is -0.405. The quantitative estimate of drug-likeness (QED) is 0.593. The van der Waals surface area contributed by atoms with Crippen molar-refractivity contribution in [1.29, 1.82) is 0 Å². The lowest BCUT2D eigenvalue weighted by atomic mass is 9.86. The van der Waals surface area contributed by atoms with E-state index in [1.54, 1.807) is 18.3 Å². The summed E-state index contributed by atoms with van der Waals surface area (Å²) in [6.07, 6.45) is 0.799. The predicted molar refractivity (Wildman–Crippen MR) is 127 cm³/mol. The van der Waals surface area contributed by atoms with E-state index in [0.29, 0.717) is 35.2 Å². The van der Waals surface area contributed by atoms with Crippen LogP contribution in [0.1, 0.15) is 31.0 Å². The van der Waals surface area contributed by atoms with E-state index >= 15 is 0 Å². The number of hydrogen-bond donors (Lipinski definition) is 3. The lowest BCUT2D eigenvalue weighted by Gasteiger charge is -2.41. The van der Waals surface area contributed by atoms with E-state index < -0.39 is 11.9 Å². The standard InChI is InChI=1S/C23H27Cl2N5O3/c1-14-3-4-16(12-26-14)23(21(32)27-22(33)28-23)8-7-20(31)29-9-10-30(15(2)13-29)17-5-6-18(24)19(25)11-17/h3-6,11-12,15,22,28,33H,7-10,13H2,1-2H3,(H,27,32)/t15-,22?,23?/m0/s1. The molecule has 1 aromatic heterocycles. The summed E-state index contributed by atoms with van der Waals surface area (Å²) in [4.78, 5) is 34.2. The molecular weight excluding hydrogens is 465 g/mol. The molecule has 3 heterocycles. The molecule has 2 unspecified atom stereocenters. The van der Waals surface area contributed by atoms with Crippen LogP contribution in [0.2, 0.25) is 10.0 Å². The predicted octanol–water partition coefficient (Wildman–Crippen LogP) is 2.40.